The van der Waals surface area contributed by atoms with Gasteiger partial charge in [0.15, 0.2) is 6.61 Å². The van der Waals surface area contributed by atoms with E-state index in [0.717, 1.165) is 53.3 Å². The highest BCUT2D eigenvalue weighted by Gasteiger charge is 2.32. The zero-order chi connectivity index (χ0) is 20.3. The first-order valence-corrected chi connectivity index (χ1v) is 9.66. The van der Waals surface area contributed by atoms with Crippen molar-refractivity contribution in [2.45, 2.75) is 39.7 Å². The molecule has 2 aromatic carbocycles. The Hall–Kier alpha value is -2.69. The van der Waals surface area contributed by atoms with Crippen molar-refractivity contribution in [1.82, 2.24) is 4.90 Å². The van der Waals surface area contributed by atoms with Gasteiger partial charge in [-0.25, -0.2) is 0 Å². The average molecular weight is 383 g/mol. The molecule has 28 heavy (non-hydrogen) atoms. The minimum atomic E-state index is -0.0265. The second kappa shape index (κ2) is 8.55. The van der Waals surface area contributed by atoms with Crippen LogP contribution in [0.1, 0.15) is 41.1 Å². The SMILES string of the molecule is COc1ccc(OC)c(C2CCCN2C(=O)COc2c(C)cc(C)cc2C)c1. The predicted octanol–water partition coefficient (Wildman–Crippen LogP) is 4.37. The van der Waals surface area contributed by atoms with Crippen molar-refractivity contribution < 1.29 is 19.0 Å². The Morgan fingerprint density at radius 3 is 2.43 bits per heavy atom. The standard InChI is InChI=1S/C23H29NO4/c1-15-11-16(2)23(17(3)12-15)28-14-22(25)24-10-6-7-20(24)19-13-18(26-4)8-9-21(19)27-5/h8-9,11-13,20H,6-7,10,14H2,1-5H3. The van der Waals surface area contributed by atoms with Gasteiger partial charge in [0.05, 0.1) is 20.3 Å². The van der Waals surface area contributed by atoms with Crippen LogP contribution in [0, 0.1) is 20.8 Å². The van der Waals surface area contributed by atoms with Gasteiger partial charge in [-0.05, 0) is 62.9 Å². The fraction of sp³-hybridized carbons (Fsp3) is 0.435. The molecule has 0 aromatic heterocycles. The molecule has 5 nitrogen and oxygen atoms in total. The van der Waals surface area contributed by atoms with Crippen LogP contribution in [-0.2, 0) is 4.79 Å². The number of aryl methyl sites for hydroxylation is 3. The van der Waals surface area contributed by atoms with Gasteiger partial charge >= 0.3 is 0 Å². The smallest absolute Gasteiger partial charge is 0.261 e. The first-order valence-electron chi connectivity index (χ1n) is 9.66. The van der Waals surface area contributed by atoms with Gasteiger partial charge in [0.2, 0.25) is 0 Å². The number of carbonyl (C=O) groups is 1. The molecule has 5 heteroatoms. The number of benzene rings is 2. The van der Waals surface area contributed by atoms with Gasteiger partial charge in [0.1, 0.15) is 17.2 Å². The zero-order valence-electron chi connectivity index (χ0n) is 17.4. The minimum Gasteiger partial charge on any atom is -0.497 e. The molecule has 1 aliphatic heterocycles. The van der Waals surface area contributed by atoms with Crippen molar-refractivity contribution in [3.8, 4) is 17.2 Å². The van der Waals surface area contributed by atoms with E-state index >= 15 is 0 Å². The van der Waals surface area contributed by atoms with Crippen LogP contribution in [0.5, 0.6) is 17.2 Å². The molecular weight excluding hydrogens is 354 g/mol. The molecule has 0 radical (unpaired) electrons. The highest BCUT2D eigenvalue weighted by atomic mass is 16.5. The number of ether oxygens (including phenoxy) is 3. The van der Waals surface area contributed by atoms with Gasteiger partial charge in [0, 0.05) is 12.1 Å². The number of hydrogen-bond acceptors (Lipinski definition) is 4. The maximum Gasteiger partial charge on any atom is 0.261 e. The van der Waals surface area contributed by atoms with Crippen LogP contribution < -0.4 is 14.2 Å². The first-order chi connectivity index (χ1) is 13.4. The first kappa shape index (κ1) is 20.1. The molecule has 0 bridgehead atoms. The second-order valence-corrected chi connectivity index (χ2v) is 7.37. The van der Waals surface area contributed by atoms with E-state index in [4.69, 9.17) is 14.2 Å². The van der Waals surface area contributed by atoms with E-state index in [0.29, 0.717) is 0 Å². The molecule has 0 spiro atoms. The van der Waals surface area contributed by atoms with E-state index in [2.05, 4.69) is 19.1 Å². The Bertz CT molecular complexity index is 839. The summed E-state index contributed by atoms with van der Waals surface area (Å²) < 4.78 is 16.8. The van der Waals surface area contributed by atoms with Crippen LogP contribution in [0.2, 0.25) is 0 Å². The monoisotopic (exact) mass is 383 g/mol. The molecule has 1 atom stereocenters. The maximum atomic E-state index is 13.0. The Kier molecular flexibility index (Phi) is 6.12. The summed E-state index contributed by atoms with van der Waals surface area (Å²) in [5, 5.41) is 0. The zero-order valence-corrected chi connectivity index (χ0v) is 17.4. The molecule has 1 unspecified atom stereocenters. The van der Waals surface area contributed by atoms with Crippen LogP contribution in [0.25, 0.3) is 0 Å². The topological polar surface area (TPSA) is 48.0 Å². The Balaban J connectivity index is 1.77. The normalized spacial score (nSPS) is 16.2. The molecule has 0 aliphatic carbocycles. The summed E-state index contributed by atoms with van der Waals surface area (Å²) >= 11 is 0. The Morgan fingerprint density at radius 1 is 1.07 bits per heavy atom. The highest BCUT2D eigenvalue weighted by Crippen LogP contribution is 2.39. The molecule has 1 amide bonds. The third-order valence-electron chi connectivity index (χ3n) is 5.31. The van der Waals surface area contributed by atoms with Gasteiger partial charge in [-0.15, -0.1) is 0 Å². The predicted molar refractivity (Wildman–Crippen MR) is 109 cm³/mol. The summed E-state index contributed by atoms with van der Waals surface area (Å²) in [6.07, 6.45) is 1.86. The Labute approximate surface area is 167 Å². The van der Waals surface area contributed by atoms with Crippen molar-refractivity contribution in [1.29, 1.82) is 0 Å². The number of nitrogens with zero attached hydrogens (tertiary/aromatic N) is 1. The molecule has 1 fully saturated rings. The summed E-state index contributed by atoms with van der Waals surface area (Å²) in [7, 11) is 3.29. The van der Waals surface area contributed by atoms with E-state index in [1.807, 2.05) is 36.9 Å². The van der Waals surface area contributed by atoms with E-state index in [9.17, 15) is 4.79 Å². The number of amides is 1. The summed E-state index contributed by atoms with van der Waals surface area (Å²) in [4.78, 5) is 14.9. The van der Waals surface area contributed by atoms with Gasteiger partial charge in [-0.3, -0.25) is 4.79 Å². The largest absolute Gasteiger partial charge is 0.497 e. The van der Waals surface area contributed by atoms with Crippen molar-refractivity contribution in [2.24, 2.45) is 0 Å². The van der Waals surface area contributed by atoms with E-state index in [1.165, 1.54) is 5.56 Å². The number of hydrogen-bond donors (Lipinski definition) is 0. The third kappa shape index (κ3) is 4.08. The van der Waals surface area contributed by atoms with Crippen LogP contribution in [0.4, 0.5) is 0 Å². The molecule has 0 saturated carbocycles. The number of carbonyl (C=O) groups excluding carboxylic acids is 1. The van der Waals surface area contributed by atoms with Crippen LogP contribution in [0.15, 0.2) is 30.3 Å². The quantitative estimate of drug-likeness (QED) is 0.743. The fourth-order valence-electron chi connectivity index (χ4n) is 4.10. The van der Waals surface area contributed by atoms with E-state index in [1.54, 1.807) is 14.2 Å². The van der Waals surface area contributed by atoms with Crippen molar-refractivity contribution in [3.05, 3.63) is 52.6 Å². The lowest BCUT2D eigenvalue weighted by Gasteiger charge is -2.27. The number of likely N-dealkylation sites (tertiary alicyclic amines) is 1. The third-order valence-corrected chi connectivity index (χ3v) is 5.31. The van der Waals surface area contributed by atoms with Crippen molar-refractivity contribution in [3.63, 3.8) is 0 Å². The van der Waals surface area contributed by atoms with Crippen LogP contribution >= 0.6 is 0 Å². The van der Waals surface area contributed by atoms with E-state index < -0.39 is 0 Å². The summed E-state index contributed by atoms with van der Waals surface area (Å²) in [5.74, 6) is 2.33. The summed E-state index contributed by atoms with van der Waals surface area (Å²) in [6.45, 7) is 6.84. The van der Waals surface area contributed by atoms with E-state index in [-0.39, 0.29) is 18.6 Å². The molecule has 3 rings (SSSR count). The van der Waals surface area contributed by atoms with Crippen LogP contribution in [-0.4, -0.2) is 38.2 Å². The maximum absolute atomic E-state index is 13.0. The van der Waals surface area contributed by atoms with Crippen molar-refractivity contribution in [2.75, 3.05) is 27.4 Å². The Morgan fingerprint density at radius 2 is 1.79 bits per heavy atom. The number of methoxy groups -OCH3 is 2. The fourth-order valence-corrected chi connectivity index (χ4v) is 4.10. The average Bonchev–Trinajstić information content (AvgIpc) is 3.16. The lowest BCUT2D eigenvalue weighted by atomic mass is 10.0. The molecular formula is C23H29NO4. The lowest BCUT2D eigenvalue weighted by Crippen LogP contribution is -2.34. The highest BCUT2D eigenvalue weighted by molar-refractivity contribution is 5.79. The summed E-state index contributed by atoms with van der Waals surface area (Å²) in [6, 6.07) is 9.85. The second-order valence-electron chi connectivity index (χ2n) is 7.37. The molecule has 150 valence electrons. The molecule has 1 aliphatic rings. The molecule has 1 saturated heterocycles. The van der Waals surface area contributed by atoms with Crippen molar-refractivity contribution >= 4 is 5.91 Å². The minimum absolute atomic E-state index is 0.00764. The summed E-state index contributed by atoms with van der Waals surface area (Å²) in [5.41, 5.74) is 4.28. The molecule has 0 N–H and O–H groups in total. The van der Waals surface area contributed by atoms with Gasteiger partial charge in [-0.1, -0.05) is 17.7 Å². The van der Waals surface area contributed by atoms with Crippen LogP contribution in [0.3, 0.4) is 0 Å². The molecule has 1 heterocycles. The molecule has 2 aromatic rings. The van der Waals surface area contributed by atoms with Gasteiger partial charge in [0.25, 0.3) is 5.91 Å². The van der Waals surface area contributed by atoms with Gasteiger partial charge < -0.3 is 19.1 Å². The van der Waals surface area contributed by atoms with Gasteiger partial charge in [-0.2, -0.15) is 0 Å². The number of rotatable bonds is 6. The lowest BCUT2D eigenvalue weighted by molar-refractivity contribution is -0.134.